The molecule has 3 saturated heterocycles. The second-order valence-electron chi connectivity index (χ2n) is 9.73. The zero-order chi connectivity index (χ0) is 22.8. The van der Waals surface area contributed by atoms with Gasteiger partial charge in [0.25, 0.3) is 5.91 Å². The second-order valence-corrected chi connectivity index (χ2v) is 10.8. The number of amides is 1. The summed E-state index contributed by atoms with van der Waals surface area (Å²) in [5.41, 5.74) is 3.55. The van der Waals surface area contributed by atoms with Crippen LogP contribution in [0.25, 0.3) is 10.4 Å². The van der Waals surface area contributed by atoms with E-state index in [9.17, 15) is 4.79 Å². The Morgan fingerprint density at radius 1 is 1.03 bits per heavy atom. The van der Waals surface area contributed by atoms with Gasteiger partial charge in [-0.1, -0.05) is 12.1 Å². The van der Waals surface area contributed by atoms with Crippen molar-refractivity contribution in [3.8, 4) is 16.2 Å². The molecule has 5 nitrogen and oxygen atoms in total. The van der Waals surface area contributed by atoms with Crippen LogP contribution < -0.4 is 4.74 Å². The minimum absolute atomic E-state index is 0.195. The Hall–Kier alpha value is -1.89. The predicted octanol–water partition coefficient (Wildman–Crippen LogP) is 5.33. The summed E-state index contributed by atoms with van der Waals surface area (Å²) in [6.45, 7) is 7.98. The monoisotopic (exact) mass is 468 g/mol. The number of nitrogens with zero attached hydrogens (tertiary/aromatic N) is 2. The number of likely N-dealkylation sites (tertiary alicyclic amines) is 2. The van der Waals surface area contributed by atoms with Crippen molar-refractivity contribution in [2.45, 2.75) is 57.4 Å². The molecule has 0 unspecified atom stereocenters. The summed E-state index contributed by atoms with van der Waals surface area (Å²) in [5, 5.41) is 0. The fraction of sp³-hybridized carbons (Fsp3) is 0.593. The maximum absolute atomic E-state index is 12.9. The van der Waals surface area contributed by atoms with E-state index in [2.05, 4.69) is 36.1 Å². The maximum atomic E-state index is 12.9. The van der Waals surface area contributed by atoms with Gasteiger partial charge in [-0.3, -0.25) is 4.79 Å². The highest BCUT2D eigenvalue weighted by Crippen LogP contribution is 2.40. The SMILES string of the molecule is COc1cc(-c2cc(C)c(C(=O)N3CCCC3)s2)ccc1C1CCN(C2CCOCC2)CC1. The summed E-state index contributed by atoms with van der Waals surface area (Å²) < 4.78 is 11.4. The third-order valence-electron chi connectivity index (χ3n) is 7.70. The lowest BCUT2D eigenvalue weighted by atomic mass is 9.87. The molecule has 0 aliphatic carbocycles. The van der Waals surface area contributed by atoms with Crippen LogP contribution in [0.4, 0.5) is 0 Å². The third kappa shape index (κ3) is 4.84. The summed E-state index contributed by atoms with van der Waals surface area (Å²) in [5.74, 6) is 1.72. The zero-order valence-electron chi connectivity index (χ0n) is 20.0. The predicted molar refractivity (Wildman–Crippen MR) is 134 cm³/mol. The van der Waals surface area contributed by atoms with E-state index in [1.165, 1.54) is 31.2 Å². The van der Waals surface area contributed by atoms with E-state index in [1.54, 1.807) is 18.4 Å². The molecular formula is C27H36N2O3S. The maximum Gasteiger partial charge on any atom is 0.264 e. The van der Waals surface area contributed by atoms with Gasteiger partial charge in [0.05, 0.1) is 12.0 Å². The van der Waals surface area contributed by atoms with Crippen molar-refractivity contribution in [2.75, 3.05) is 46.5 Å². The Labute approximate surface area is 201 Å². The van der Waals surface area contributed by atoms with Crippen LogP contribution >= 0.6 is 11.3 Å². The van der Waals surface area contributed by atoms with Crippen LogP contribution in [-0.4, -0.2) is 68.3 Å². The molecule has 1 aromatic carbocycles. The van der Waals surface area contributed by atoms with Gasteiger partial charge < -0.3 is 19.3 Å². The highest BCUT2D eigenvalue weighted by Gasteiger charge is 2.29. The standard InChI is InChI=1S/C27H36N2O3S/c1-19-17-25(33-26(19)27(30)29-11-3-4-12-29)21-5-6-23(24(18-21)31-2)20-7-13-28(14-8-20)22-9-15-32-16-10-22/h5-6,17-18,20,22H,3-4,7-16H2,1-2H3. The van der Waals surface area contributed by atoms with E-state index in [0.29, 0.717) is 12.0 Å². The quantitative estimate of drug-likeness (QED) is 0.595. The molecule has 4 heterocycles. The van der Waals surface area contributed by atoms with Gasteiger partial charge in [0.1, 0.15) is 5.75 Å². The first kappa shape index (κ1) is 22.9. The third-order valence-corrected chi connectivity index (χ3v) is 8.97. The van der Waals surface area contributed by atoms with Crippen molar-refractivity contribution >= 4 is 17.2 Å². The molecule has 3 aliphatic rings. The second kappa shape index (κ2) is 10.2. The van der Waals surface area contributed by atoms with Gasteiger partial charge in [0.2, 0.25) is 0 Å². The average Bonchev–Trinajstić information content (AvgIpc) is 3.54. The van der Waals surface area contributed by atoms with Crippen LogP contribution in [0.5, 0.6) is 5.75 Å². The van der Waals surface area contributed by atoms with E-state index in [1.807, 2.05) is 4.90 Å². The minimum atomic E-state index is 0.195. The number of hydrogen-bond donors (Lipinski definition) is 0. The Morgan fingerprint density at radius 3 is 2.45 bits per heavy atom. The molecule has 0 bridgehead atoms. The number of hydrogen-bond acceptors (Lipinski definition) is 5. The number of carbonyl (C=O) groups is 1. The number of aryl methyl sites for hydroxylation is 1. The molecule has 1 aromatic heterocycles. The molecule has 178 valence electrons. The first-order chi connectivity index (χ1) is 16.1. The number of benzene rings is 1. The number of rotatable bonds is 5. The fourth-order valence-corrected chi connectivity index (χ4v) is 6.86. The molecule has 0 radical (unpaired) electrons. The van der Waals surface area contributed by atoms with Gasteiger partial charge in [-0.15, -0.1) is 11.3 Å². The first-order valence-electron chi connectivity index (χ1n) is 12.5. The van der Waals surface area contributed by atoms with E-state index < -0.39 is 0 Å². The van der Waals surface area contributed by atoms with Crippen molar-refractivity contribution in [3.63, 3.8) is 0 Å². The molecule has 0 atom stereocenters. The minimum Gasteiger partial charge on any atom is -0.496 e. The van der Waals surface area contributed by atoms with Crippen molar-refractivity contribution in [2.24, 2.45) is 0 Å². The van der Waals surface area contributed by atoms with Crippen molar-refractivity contribution in [1.29, 1.82) is 0 Å². The zero-order valence-corrected chi connectivity index (χ0v) is 20.8. The number of methoxy groups -OCH3 is 1. The number of thiophene rings is 1. The summed E-state index contributed by atoms with van der Waals surface area (Å²) in [6, 6.07) is 9.52. The van der Waals surface area contributed by atoms with E-state index in [4.69, 9.17) is 9.47 Å². The number of carbonyl (C=O) groups excluding carboxylic acids is 1. The van der Waals surface area contributed by atoms with Crippen molar-refractivity contribution in [3.05, 3.63) is 40.3 Å². The highest BCUT2D eigenvalue weighted by atomic mass is 32.1. The summed E-state index contributed by atoms with van der Waals surface area (Å²) >= 11 is 1.62. The van der Waals surface area contributed by atoms with Crippen LogP contribution in [-0.2, 0) is 4.74 Å². The molecule has 5 rings (SSSR count). The van der Waals surface area contributed by atoms with Gasteiger partial charge in [-0.2, -0.15) is 0 Å². The van der Waals surface area contributed by atoms with Gasteiger partial charge in [0.15, 0.2) is 0 Å². The summed E-state index contributed by atoms with van der Waals surface area (Å²) in [7, 11) is 1.78. The molecule has 1 amide bonds. The number of ether oxygens (including phenoxy) is 2. The highest BCUT2D eigenvalue weighted by molar-refractivity contribution is 7.17. The van der Waals surface area contributed by atoms with Gasteiger partial charge in [-0.25, -0.2) is 0 Å². The molecule has 0 N–H and O–H groups in total. The Bertz CT molecular complexity index is 968. The lowest BCUT2D eigenvalue weighted by molar-refractivity contribution is 0.0251. The molecular weight excluding hydrogens is 432 g/mol. The Balaban J connectivity index is 1.30. The molecule has 33 heavy (non-hydrogen) atoms. The number of piperidine rings is 1. The molecule has 3 aliphatic heterocycles. The van der Waals surface area contributed by atoms with Gasteiger partial charge >= 0.3 is 0 Å². The van der Waals surface area contributed by atoms with Gasteiger partial charge in [-0.05, 0) is 93.3 Å². The van der Waals surface area contributed by atoms with E-state index in [-0.39, 0.29) is 5.91 Å². The molecule has 0 spiro atoms. The van der Waals surface area contributed by atoms with Gasteiger partial charge in [0, 0.05) is 37.2 Å². The lowest BCUT2D eigenvalue weighted by Gasteiger charge is -2.39. The average molecular weight is 469 g/mol. The fourth-order valence-electron chi connectivity index (χ4n) is 5.73. The van der Waals surface area contributed by atoms with Crippen LogP contribution in [0.2, 0.25) is 0 Å². The molecule has 0 saturated carbocycles. The Morgan fingerprint density at radius 2 is 1.76 bits per heavy atom. The van der Waals surface area contributed by atoms with Crippen LogP contribution in [0, 0.1) is 6.92 Å². The van der Waals surface area contributed by atoms with Crippen LogP contribution in [0.15, 0.2) is 24.3 Å². The smallest absolute Gasteiger partial charge is 0.264 e. The van der Waals surface area contributed by atoms with E-state index >= 15 is 0 Å². The molecule has 2 aromatic rings. The Kier molecular flexibility index (Phi) is 7.05. The van der Waals surface area contributed by atoms with Crippen LogP contribution in [0.3, 0.4) is 0 Å². The normalized spacial score (nSPS) is 21.0. The first-order valence-corrected chi connectivity index (χ1v) is 13.4. The molecule has 6 heteroatoms. The van der Waals surface area contributed by atoms with Crippen LogP contribution in [0.1, 0.15) is 65.2 Å². The van der Waals surface area contributed by atoms with E-state index in [0.717, 1.165) is 78.9 Å². The topological polar surface area (TPSA) is 42.0 Å². The van der Waals surface area contributed by atoms with Crippen molar-refractivity contribution < 1.29 is 14.3 Å². The summed E-state index contributed by atoms with van der Waals surface area (Å²) in [4.78, 5) is 19.6. The molecule has 3 fully saturated rings. The summed E-state index contributed by atoms with van der Waals surface area (Å²) in [6.07, 6.45) is 6.95. The van der Waals surface area contributed by atoms with Crippen molar-refractivity contribution in [1.82, 2.24) is 9.80 Å². The lowest BCUT2D eigenvalue weighted by Crippen LogP contribution is -2.43. The largest absolute Gasteiger partial charge is 0.496 e.